The van der Waals surface area contributed by atoms with Crippen molar-refractivity contribution in [2.45, 2.75) is 39.4 Å². The van der Waals surface area contributed by atoms with E-state index in [2.05, 4.69) is 46.4 Å². The van der Waals surface area contributed by atoms with Gasteiger partial charge in [0.25, 0.3) is 0 Å². The number of benzene rings is 1. The van der Waals surface area contributed by atoms with E-state index in [-0.39, 0.29) is 6.61 Å². The summed E-state index contributed by atoms with van der Waals surface area (Å²) in [6.45, 7) is 6.70. The third-order valence-corrected chi connectivity index (χ3v) is 3.46. The molecule has 6 nitrogen and oxygen atoms in total. The summed E-state index contributed by atoms with van der Waals surface area (Å²) >= 11 is 0. The van der Waals surface area contributed by atoms with Gasteiger partial charge in [0.15, 0.2) is 5.82 Å². The van der Waals surface area contributed by atoms with E-state index < -0.39 is 0 Å². The lowest BCUT2D eigenvalue weighted by atomic mass is 10.2. The molecule has 6 heteroatoms. The van der Waals surface area contributed by atoms with Crippen LogP contribution in [0.4, 0.5) is 0 Å². The van der Waals surface area contributed by atoms with Crippen molar-refractivity contribution in [2.75, 3.05) is 13.2 Å². The fourth-order valence-corrected chi connectivity index (χ4v) is 2.19. The molecule has 0 spiro atoms. The Labute approximate surface area is 125 Å². The molecule has 0 bridgehead atoms. The van der Waals surface area contributed by atoms with E-state index in [0.29, 0.717) is 19.1 Å². The van der Waals surface area contributed by atoms with E-state index in [1.165, 1.54) is 5.56 Å². The van der Waals surface area contributed by atoms with Crippen LogP contribution in [0.15, 0.2) is 30.3 Å². The van der Waals surface area contributed by atoms with E-state index in [4.69, 9.17) is 5.11 Å². The number of nitrogens with zero attached hydrogens (tertiary/aromatic N) is 5. The van der Waals surface area contributed by atoms with Crippen LogP contribution in [-0.2, 0) is 13.1 Å². The van der Waals surface area contributed by atoms with Gasteiger partial charge in [-0.3, -0.25) is 4.90 Å². The van der Waals surface area contributed by atoms with Crippen molar-refractivity contribution in [3.05, 3.63) is 41.7 Å². The van der Waals surface area contributed by atoms with Gasteiger partial charge >= 0.3 is 0 Å². The molecule has 0 saturated heterocycles. The van der Waals surface area contributed by atoms with Gasteiger partial charge in [-0.1, -0.05) is 30.3 Å². The van der Waals surface area contributed by atoms with Crippen LogP contribution < -0.4 is 0 Å². The molecule has 0 radical (unpaired) electrons. The second-order valence-corrected chi connectivity index (χ2v) is 5.38. The lowest BCUT2D eigenvalue weighted by molar-refractivity contribution is 0.179. The molecule has 21 heavy (non-hydrogen) atoms. The van der Waals surface area contributed by atoms with Gasteiger partial charge in [0, 0.05) is 19.2 Å². The minimum atomic E-state index is 0.207. The summed E-state index contributed by atoms with van der Waals surface area (Å²) in [5.41, 5.74) is 1.18. The number of aliphatic hydroxyl groups excluding tert-OH is 1. The van der Waals surface area contributed by atoms with E-state index in [1.807, 2.05) is 22.9 Å². The Balaban J connectivity index is 2.05. The molecule has 0 atom stereocenters. The highest BCUT2D eigenvalue weighted by molar-refractivity contribution is 5.14. The monoisotopic (exact) mass is 289 g/mol. The highest BCUT2D eigenvalue weighted by Gasteiger charge is 2.14. The van der Waals surface area contributed by atoms with Crippen LogP contribution in [0.25, 0.3) is 0 Å². The van der Waals surface area contributed by atoms with Gasteiger partial charge in [-0.25, -0.2) is 4.68 Å². The zero-order chi connectivity index (χ0) is 15.1. The lowest BCUT2D eigenvalue weighted by Crippen LogP contribution is -2.33. The van der Waals surface area contributed by atoms with Gasteiger partial charge in [-0.2, -0.15) is 0 Å². The summed E-state index contributed by atoms with van der Waals surface area (Å²) in [5, 5.41) is 21.0. The number of hydrogen-bond acceptors (Lipinski definition) is 5. The van der Waals surface area contributed by atoms with Gasteiger partial charge in [-0.05, 0) is 36.3 Å². The molecule has 0 fully saturated rings. The van der Waals surface area contributed by atoms with Gasteiger partial charge in [0.1, 0.15) is 0 Å². The van der Waals surface area contributed by atoms with Crippen LogP contribution in [-0.4, -0.2) is 49.4 Å². The number of hydrogen-bond donors (Lipinski definition) is 1. The quantitative estimate of drug-likeness (QED) is 0.794. The smallest absolute Gasteiger partial charge is 0.165 e. The molecule has 0 aliphatic carbocycles. The molecule has 1 N–H and O–H groups in total. The lowest BCUT2D eigenvalue weighted by Gasteiger charge is -2.25. The first-order valence-corrected chi connectivity index (χ1v) is 7.34. The third kappa shape index (κ3) is 4.61. The summed E-state index contributed by atoms with van der Waals surface area (Å²) in [6.07, 6.45) is 0.762. The van der Waals surface area contributed by atoms with Gasteiger partial charge in [0.05, 0.1) is 13.1 Å². The van der Waals surface area contributed by atoms with Crippen molar-refractivity contribution in [2.24, 2.45) is 0 Å². The van der Waals surface area contributed by atoms with Gasteiger partial charge < -0.3 is 5.11 Å². The van der Waals surface area contributed by atoms with Crippen molar-refractivity contribution in [3.63, 3.8) is 0 Å². The number of aliphatic hydroxyl groups is 1. The van der Waals surface area contributed by atoms with E-state index >= 15 is 0 Å². The van der Waals surface area contributed by atoms with Crippen molar-refractivity contribution in [1.82, 2.24) is 25.1 Å². The summed E-state index contributed by atoms with van der Waals surface area (Å²) in [4.78, 5) is 2.27. The van der Waals surface area contributed by atoms with Crippen molar-refractivity contribution >= 4 is 0 Å². The molecule has 2 rings (SSSR count). The zero-order valence-electron chi connectivity index (χ0n) is 12.7. The Morgan fingerprint density at radius 3 is 2.67 bits per heavy atom. The van der Waals surface area contributed by atoms with E-state index in [1.54, 1.807) is 0 Å². The molecule has 1 heterocycles. The molecule has 1 aromatic carbocycles. The van der Waals surface area contributed by atoms with Crippen LogP contribution in [0.2, 0.25) is 0 Å². The van der Waals surface area contributed by atoms with Crippen LogP contribution in [0.5, 0.6) is 0 Å². The fourth-order valence-electron chi connectivity index (χ4n) is 2.19. The Bertz CT molecular complexity index is 526. The summed E-state index contributed by atoms with van der Waals surface area (Å²) in [6, 6.07) is 10.6. The maximum Gasteiger partial charge on any atom is 0.165 e. The average Bonchev–Trinajstić information content (AvgIpc) is 2.91. The Hall–Kier alpha value is -1.79. The Kier molecular flexibility index (Phi) is 5.83. The normalized spacial score (nSPS) is 11.5. The van der Waals surface area contributed by atoms with Crippen LogP contribution >= 0.6 is 0 Å². The maximum absolute atomic E-state index is 9.00. The molecule has 0 amide bonds. The summed E-state index contributed by atoms with van der Waals surface area (Å²) < 4.78 is 1.84. The van der Waals surface area contributed by atoms with Crippen molar-refractivity contribution < 1.29 is 5.11 Å². The van der Waals surface area contributed by atoms with Crippen molar-refractivity contribution in [3.8, 4) is 0 Å². The molecular weight excluding hydrogens is 266 g/mol. The maximum atomic E-state index is 9.00. The van der Waals surface area contributed by atoms with Crippen molar-refractivity contribution in [1.29, 1.82) is 0 Å². The molecule has 2 aromatic rings. The first-order valence-electron chi connectivity index (χ1n) is 7.34. The van der Waals surface area contributed by atoms with E-state index in [0.717, 1.165) is 18.8 Å². The third-order valence-electron chi connectivity index (χ3n) is 3.46. The number of rotatable bonds is 8. The fraction of sp³-hybridized carbons (Fsp3) is 0.533. The largest absolute Gasteiger partial charge is 0.396 e. The first kappa shape index (κ1) is 15.6. The Morgan fingerprint density at radius 2 is 2.00 bits per heavy atom. The molecule has 0 unspecified atom stereocenters. The summed E-state index contributed by atoms with van der Waals surface area (Å²) in [5.74, 6) is 0.852. The highest BCUT2D eigenvalue weighted by atomic mass is 16.3. The molecule has 0 aliphatic heterocycles. The minimum Gasteiger partial charge on any atom is -0.396 e. The molecular formula is C15H23N5O. The predicted molar refractivity (Wildman–Crippen MR) is 80.6 cm³/mol. The SMILES string of the molecule is CC(C)N(CCCO)Cc1nnnn1Cc1ccccc1. The van der Waals surface area contributed by atoms with Crippen LogP contribution in [0, 0.1) is 0 Å². The van der Waals surface area contributed by atoms with E-state index in [9.17, 15) is 0 Å². The highest BCUT2D eigenvalue weighted by Crippen LogP contribution is 2.08. The van der Waals surface area contributed by atoms with Crippen LogP contribution in [0.3, 0.4) is 0 Å². The van der Waals surface area contributed by atoms with Crippen LogP contribution in [0.1, 0.15) is 31.7 Å². The van der Waals surface area contributed by atoms with Gasteiger partial charge in [-0.15, -0.1) is 5.10 Å². The minimum absolute atomic E-state index is 0.207. The molecule has 114 valence electrons. The Morgan fingerprint density at radius 1 is 1.24 bits per heavy atom. The summed E-state index contributed by atoms with van der Waals surface area (Å²) in [7, 11) is 0. The van der Waals surface area contributed by atoms with Gasteiger partial charge in [0.2, 0.25) is 0 Å². The first-order chi connectivity index (χ1) is 10.2. The molecule has 1 aromatic heterocycles. The number of tetrazole rings is 1. The second kappa shape index (κ2) is 7.85. The average molecular weight is 289 g/mol. The molecule has 0 saturated carbocycles. The molecule has 0 aliphatic rings. The zero-order valence-corrected chi connectivity index (χ0v) is 12.7. The standard InChI is InChI=1S/C15H23N5O/c1-13(2)19(9-6-10-21)12-15-16-17-18-20(15)11-14-7-4-3-5-8-14/h3-5,7-8,13,21H,6,9-12H2,1-2H3. The topological polar surface area (TPSA) is 67.1 Å². The number of aromatic nitrogens is 4. The predicted octanol–water partition coefficient (Wildman–Crippen LogP) is 1.31. The second-order valence-electron chi connectivity index (χ2n) is 5.38.